The lowest BCUT2D eigenvalue weighted by atomic mass is 9.92. The van der Waals surface area contributed by atoms with E-state index in [1.165, 1.54) is 0 Å². The van der Waals surface area contributed by atoms with Crippen LogP contribution in [-0.4, -0.2) is 28.1 Å². The molecular formula is C26H35NO3. The molecule has 0 saturated heterocycles. The summed E-state index contributed by atoms with van der Waals surface area (Å²) in [5, 5.41) is 22.0. The average Bonchev–Trinajstić information content (AvgIpc) is 3.25. The molecule has 4 heteroatoms. The van der Waals surface area contributed by atoms with Gasteiger partial charge in [-0.25, -0.2) is 0 Å². The fourth-order valence-electron chi connectivity index (χ4n) is 4.60. The summed E-state index contributed by atoms with van der Waals surface area (Å²) in [6, 6.07) is 9.56. The van der Waals surface area contributed by atoms with Crippen LogP contribution in [0, 0.1) is 12.8 Å². The zero-order valence-electron chi connectivity index (χ0n) is 18.6. The Kier molecular flexibility index (Phi) is 7.41. The van der Waals surface area contributed by atoms with Gasteiger partial charge in [-0.15, -0.1) is 0 Å². The number of aromatic hydroxyl groups is 2. The third-order valence-electron chi connectivity index (χ3n) is 6.31. The number of benzene rings is 2. The lowest BCUT2D eigenvalue weighted by Crippen LogP contribution is -2.31. The maximum Gasteiger partial charge on any atom is 0.225 e. The molecule has 0 radical (unpaired) electrons. The molecule has 0 spiro atoms. The average molecular weight is 410 g/mol. The molecule has 2 aromatic carbocycles. The number of phenolic OH excluding ortho intramolecular Hbond substituents is 2. The summed E-state index contributed by atoms with van der Waals surface area (Å²) in [7, 11) is 1.83. The van der Waals surface area contributed by atoms with Crippen LogP contribution in [0.5, 0.6) is 11.5 Å². The number of aryl methyl sites for hydroxylation is 2. The van der Waals surface area contributed by atoms with Gasteiger partial charge in [-0.2, -0.15) is 0 Å². The first-order valence-corrected chi connectivity index (χ1v) is 11.3. The van der Waals surface area contributed by atoms with Crippen molar-refractivity contribution in [3.05, 3.63) is 47.0 Å². The molecule has 1 aliphatic rings. The van der Waals surface area contributed by atoms with Gasteiger partial charge in [0.2, 0.25) is 5.91 Å². The Labute approximate surface area is 180 Å². The summed E-state index contributed by atoms with van der Waals surface area (Å²) in [4.78, 5) is 14.6. The number of unbranched alkanes of at least 4 members (excludes halogenated alkanes) is 2. The highest BCUT2D eigenvalue weighted by Crippen LogP contribution is 2.43. The standard InChI is InChI=1S/C26H35NO3/c1-4-5-6-13-20-16-23(28)24(21-14-9-10-18(2)15-21)25(29)22(20)17-27(3)26(30)19-11-7-8-12-19/h9-10,14-16,19,28-29H,4-8,11-13,17H2,1-3H3. The second-order valence-corrected chi connectivity index (χ2v) is 8.76. The first-order chi connectivity index (χ1) is 14.4. The second-order valence-electron chi connectivity index (χ2n) is 8.76. The second kappa shape index (κ2) is 10.0. The van der Waals surface area contributed by atoms with E-state index in [4.69, 9.17) is 0 Å². The fraction of sp³-hybridized carbons (Fsp3) is 0.500. The number of nitrogens with zero attached hydrogens (tertiary/aromatic N) is 1. The van der Waals surface area contributed by atoms with E-state index in [1.54, 1.807) is 11.0 Å². The minimum absolute atomic E-state index is 0.0955. The fourth-order valence-corrected chi connectivity index (χ4v) is 4.60. The molecule has 2 N–H and O–H groups in total. The van der Waals surface area contributed by atoms with Crippen molar-refractivity contribution in [1.82, 2.24) is 4.90 Å². The van der Waals surface area contributed by atoms with Crippen molar-refractivity contribution in [2.45, 2.75) is 71.8 Å². The molecule has 162 valence electrons. The van der Waals surface area contributed by atoms with Gasteiger partial charge < -0.3 is 15.1 Å². The highest BCUT2D eigenvalue weighted by molar-refractivity contribution is 5.81. The van der Waals surface area contributed by atoms with Crippen LogP contribution in [0.1, 0.15) is 68.6 Å². The topological polar surface area (TPSA) is 60.8 Å². The molecule has 1 fully saturated rings. The Bertz CT molecular complexity index is 884. The maximum atomic E-state index is 12.9. The van der Waals surface area contributed by atoms with Crippen molar-refractivity contribution in [2.75, 3.05) is 7.05 Å². The van der Waals surface area contributed by atoms with E-state index in [0.717, 1.165) is 73.6 Å². The maximum absolute atomic E-state index is 12.9. The Morgan fingerprint density at radius 1 is 1.13 bits per heavy atom. The quantitative estimate of drug-likeness (QED) is 0.529. The number of phenols is 2. The van der Waals surface area contributed by atoms with Gasteiger partial charge in [0.1, 0.15) is 11.5 Å². The molecule has 0 bridgehead atoms. The molecule has 1 amide bonds. The smallest absolute Gasteiger partial charge is 0.225 e. The van der Waals surface area contributed by atoms with E-state index in [-0.39, 0.29) is 23.3 Å². The molecule has 0 unspecified atom stereocenters. The summed E-state index contributed by atoms with van der Waals surface area (Å²) in [6.45, 7) is 4.51. The summed E-state index contributed by atoms with van der Waals surface area (Å²) in [6.07, 6.45) is 8.14. The Hall–Kier alpha value is -2.49. The monoisotopic (exact) mass is 409 g/mol. The Morgan fingerprint density at radius 2 is 1.87 bits per heavy atom. The number of amides is 1. The number of hydrogen-bond acceptors (Lipinski definition) is 3. The summed E-state index contributed by atoms with van der Waals surface area (Å²) in [5.74, 6) is 0.460. The molecule has 1 aliphatic carbocycles. The van der Waals surface area contributed by atoms with Crippen LogP contribution in [0.3, 0.4) is 0 Å². The van der Waals surface area contributed by atoms with Gasteiger partial charge in [0, 0.05) is 25.1 Å². The SMILES string of the molecule is CCCCCc1cc(O)c(-c2cccc(C)c2)c(O)c1CN(C)C(=O)C1CCCC1. The minimum Gasteiger partial charge on any atom is -0.507 e. The number of rotatable bonds is 8. The van der Waals surface area contributed by atoms with E-state index in [9.17, 15) is 15.0 Å². The van der Waals surface area contributed by atoms with Gasteiger partial charge in [-0.05, 0) is 49.8 Å². The van der Waals surface area contributed by atoms with Crippen LogP contribution < -0.4 is 0 Å². The third kappa shape index (κ3) is 4.97. The van der Waals surface area contributed by atoms with Crippen LogP contribution in [0.2, 0.25) is 0 Å². The first kappa shape index (κ1) is 22.2. The van der Waals surface area contributed by atoms with Crippen LogP contribution in [-0.2, 0) is 17.8 Å². The predicted octanol–water partition coefficient (Wildman–Crippen LogP) is 5.95. The minimum atomic E-state index is 0.0955. The van der Waals surface area contributed by atoms with Crippen molar-refractivity contribution in [1.29, 1.82) is 0 Å². The predicted molar refractivity (Wildman–Crippen MR) is 122 cm³/mol. The van der Waals surface area contributed by atoms with Crippen molar-refractivity contribution in [2.24, 2.45) is 5.92 Å². The molecule has 4 nitrogen and oxygen atoms in total. The van der Waals surface area contributed by atoms with Gasteiger partial charge >= 0.3 is 0 Å². The molecular weight excluding hydrogens is 374 g/mol. The molecule has 3 rings (SSSR count). The zero-order valence-corrected chi connectivity index (χ0v) is 18.6. The van der Waals surface area contributed by atoms with Crippen molar-refractivity contribution in [3.8, 4) is 22.6 Å². The molecule has 0 heterocycles. The van der Waals surface area contributed by atoms with E-state index >= 15 is 0 Å². The molecule has 1 saturated carbocycles. The largest absolute Gasteiger partial charge is 0.507 e. The molecule has 0 atom stereocenters. The van der Waals surface area contributed by atoms with E-state index < -0.39 is 0 Å². The number of carbonyl (C=O) groups excluding carboxylic acids is 1. The van der Waals surface area contributed by atoms with Crippen molar-refractivity contribution >= 4 is 5.91 Å². The summed E-state index contributed by atoms with van der Waals surface area (Å²) < 4.78 is 0. The number of carbonyl (C=O) groups is 1. The van der Waals surface area contributed by atoms with E-state index in [0.29, 0.717) is 12.1 Å². The van der Waals surface area contributed by atoms with Gasteiger partial charge in [0.15, 0.2) is 0 Å². The Morgan fingerprint density at radius 3 is 2.53 bits per heavy atom. The highest BCUT2D eigenvalue weighted by atomic mass is 16.3. The lowest BCUT2D eigenvalue weighted by Gasteiger charge is -2.24. The van der Waals surface area contributed by atoms with Gasteiger partial charge in [-0.1, -0.05) is 62.4 Å². The van der Waals surface area contributed by atoms with Gasteiger partial charge in [-0.3, -0.25) is 4.79 Å². The van der Waals surface area contributed by atoms with Gasteiger partial charge in [0.25, 0.3) is 0 Å². The number of hydrogen-bond donors (Lipinski definition) is 2. The van der Waals surface area contributed by atoms with Crippen LogP contribution >= 0.6 is 0 Å². The molecule has 0 aromatic heterocycles. The molecule has 0 aliphatic heterocycles. The summed E-state index contributed by atoms with van der Waals surface area (Å²) in [5.41, 5.74) is 3.99. The van der Waals surface area contributed by atoms with Crippen LogP contribution in [0.4, 0.5) is 0 Å². The highest BCUT2D eigenvalue weighted by Gasteiger charge is 2.27. The summed E-state index contributed by atoms with van der Waals surface area (Å²) >= 11 is 0. The van der Waals surface area contributed by atoms with Crippen LogP contribution in [0.15, 0.2) is 30.3 Å². The molecule has 30 heavy (non-hydrogen) atoms. The van der Waals surface area contributed by atoms with Crippen LogP contribution in [0.25, 0.3) is 11.1 Å². The van der Waals surface area contributed by atoms with Crippen molar-refractivity contribution in [3.63, 3.8) is 0 Å². The van der Waals surface area contributed by atoms with Crippen molar-refractivity contribution < 1.29 is 15.0 Å². The first-order valence-electron chi connectivity index (χ1n) is 11.3. The normalized spacial score (nSPS) is 14.2. The zero-order chi connectivity index (χ0) is 21.7. The van der Waals surface area contributed by atoms with Gasteiger partial charge in [0.05, 0.1) is 5.56 Å². The van der Waals surface area contributed by atoms with E-state index in [2.05, 4.69) is 6.92 Å². The molecule has 2 aromatic rings. The lowest BCUT2D eigenvalue weighted by molar-refractivity contribution is -0.134. The third-order valence-corrected chi connectivity index (χ3v) is 6.31. The Balaban J connectivity index is 1.98. The van der Waals surface area contributed by atoms with E-state index in [1.807, 2.05) is 38.2 Å².